The minimum absolute atomic E-state index is 0.186. The van der Waals surface area contributed by atoms with Gasteiger partial charge in [0.1, 0.15) is 0 Å². The summed E-state index contributed by atoms with van der Waals surface area (Å²) < 4.78 is 5.01. The van der Waals surface area contributed by atoms with Gasteiger partial charge in [0.05, 0.1) is 18.7 Å². The number of nitrogens with zero attached hydrogens (tertiary/aromatic N) is 2. The van der Waals surface area contributed by atoms with Crippen LogP contribution in [0.2, 0.25) is 0 Å². The van der Waals surface area contributed by atoms with Gasteiger partial charge in [-0.1, -0.05) is 24.3 Å². The maximum Gasteiger partial charge on any atom is 0.338 e. The van der Waals surface area contributed by atoms with Gasteiger partial charge in [-0.15, -0.1) is 0 Å². The molecular formula is C21H22N2O4. The molecule has 27 heavy (non-hydrogen) atoms. The van der Waals surface area contributed by atoms with Gasteiger partial charge in [0.25, 0.3) is 5.91 Å². The molecule has 2 aromatic carbocycles. The zero-order valence-corrected chi connectivity index (χ0v) is 15.4. The van der Waals surface area contributed by atoms with Crippen LogP contribution in [0.3, 0.4) is 0 Å². The number of aliphatic hydroxyl groups excluding tert-OH is 1. The van der Waals surface area contributed by atoms with Gasteiger partial charge < -0.3 is 14.7 Å². The van der Waals surface area contributed by atoms with Gasteiger partial charge in [-0.3, -0.25) is 9.79 Å². The van der Waals surface area contributed by atoms with Crippen molar-refractivity contribution < 1.29 is 19.4 Å². The van der Waals surface area contributed by atoms with E-state index in [-0.39, 0.29) is 11.9 Å². The van der Waals surface area contributed by atoms with Crippen LogP contribution in [-0.4, -0.2) is 47.8 Å². The first-order valence-corrected chi connectivity index (χ1v) is 8.88. The van der Waals surface area contributed by atoms with Gasteiger partial charge in [0.15, 0.2) is 6.23 Å². The Balaban J connectivity index is 1.64. The van der Waals surface area contributed by atoms with Gasteiger partial charge in [-0.25, -0.2) is 4.79 Å². The zero-order chi connectivity index (χ0) is 19.4. The molecule has 1 heterocycles. The molecule has 0 bridgehead atoms. The summed E-state index contributed by atoms with van der Waals surface area (Å²) in [6, 6.07) is 12.4. The van der Waals surface area contributed by atoms with Crippen molar-refractivity contribution in [2.24, 2.45) is 4.99 Å². The summed E-state index contributed by atoms with van der Waals surface area (Å²) in [5.41, 5.74) is 3.44. The van der Waals surface area contributed by atoms with Crippen molar-refractivity contribution in [3.05, 3.63) is 70.3 Å². The molecule has 2 aromatic rings. The van der Waals surface area contributed by atoms with Crippen molar-refractivity contribution in [3.63, 3.8) is 0 Å². The van der Waals surface area contributed by atoms with Gasteiger partial charge >= 0.3 is 5.97 Å². The predicted octanol–water partition coefficient (Wildman–Crippen LogP) is 2.74. The van der Waals surface area contributed by atoms with E-state index < -0.39 is 6.23 Å². The Morgan fingerprint density at radius 3 is 2.81 bits per heavy atom. The minimum Gasteiger partial charge on any atom is -0.462 e. The summed E-state index contributed by atoms with van der Waals surface area (Å²) in [5.74, 6) is -0.551. The van der Waals surface area contributed by atoms with E-state index in [2.05, 4.69) is 4.99 Å². The van der Waals surface area contributed by atoms with Gasteiger partial charge in [-0.2, -0.15) is 0 Å². The highest BCUT2D eigenvalue weighted by Crippen LogP contribution is 2.30. The quantitative estimate of drug-likeness (QED) is 0.630. The van der Waals surface area contributed by atoms with Crippen molar-refractivity contribution in [1.82, 2.24) is 4.90 Å². The van der Waals surface area contributed by atoms with Crippen molar-refractivity contribution in [3.8, 4) is 0 Å². The van der Waals surface area contributed by atoms with E-state index in [0.717, 1.165) is 11.1 Å². The Morgan fingerprint density at radius 1 is 1.30 bits per heavy atom. The lowest BCUT2D eigenvalue weighted by Gasteiger charge is -2.19. The Morgan fingerprint density at radius 2 is 2.07 bits per heavy atom. The van der Waals surface area contributed by atoms with Crippen LogP contribution in [0, 0.1) is 6.92 Å². The second-order valence-electron chi connectivity index (χ2n) is 6.29. The summed E-state index contributed by atoms with van der Waals surface area (Å²) in [7, 11) is 0. The fourth-order valence-corrected chi connectivity index (χ4v) is 3.02. The average Bonchev–Trinajstić information content (AvgIpc) is 2.91. The number of aryl methyl sites for hydroxylation is 1. The highest BCUT2D eigenvalue weighted by Gasteiger charge is 2.34. The Bertz CT molecular complexity index is 892. The number of hydrogen-bond acceptors (Lipinski definition) is 5. The van der Waals surface area contributed by atoms with Crippen LogP contribution in [0.4, 0.5) is 0 Å². The average molecular weight is 366 g/mol. The predicted molar refractivity (Wildman–Crippen MR) is 102 cm³/mol. The third kappa shape index (κ3) is 3.90. The third-order valence-corrected chi connectivity index (χ3v) is 4.52. The molecule has 0 aromatic heterocycles. The number of hydrogen-bond donors (Lipinski definition) is 1. The monoisotopic (exact) mass is 366 g/mol. The van der Waals surface area contributed by atoms with Crippen LogP contribution in [-0.2, 0) is 4.74 Å². The zero-order valence-electron chi connectivity index (χ0n) is 15.4. The number of rotatable bonds is 6. The number of esters is 1. The molecule has 0 aliphatic carbocycles. The molecule has 0 spiro atoms. The van der Waals surface area contributed by atoms with E-state index in [0.29, 0.717) is 36.4 Å². The normalized spacial score (nSPS) is 16.0. The number of fused-ring (bicyclic) bond motifs is 1. The maximum absolute atomic E-state index is 12.4. The van der Waals surface area contributed by atoms with E-state index in [1.54, 1.807) is 49.5 Å². The summed E-state index contributed by atoms with van der Waals surface area (Å²) in [4.78, 5) is 30.0. The summed E-state index contributed by atoms with van der Waals surface area (Å²) in [6.45, 7) is 4.67. The fraction of sp³-hybridized carbons (Fsp3) is 0.286. The first-order valence-electron chi connectivity index (χ1n) is 8.88. The molecule has 1 aliphatic heterocycles. The summed E-state index contributed by atoms with van der Waals surface area (Å²) >= 11 is 0. The molecule has 1 unspecified atom stereocenters. The molecule has 6 nitrogen and oxygen atoms in total. The molecule has 1 N–H and O–H groups in total. The lowest BCUT2D eigenvalue weighted by atomic mass is 10.1. The lowest BCUT2D eigenvalue weighted by molar-refractivity contribution is 0.0192. The van der Waals surface area contributed by atoms with Crippen molar-refractivity contribution in [2.75, 3.05) is 19.7 Å². The number of aliphatic imine (C=N–C) groups is 1. The Kier molecular flexibility index (Phi) is 5.66. The van der Waals surface area contributed by atoms with E-state index in [9.17, 15) is 14.7 Å². The summed E-state index contributed by atoms with van der Waals surface area (Å²) in [6.07, 6.45) is 0.746. The SMILES string of the molecule is CCOC(=O)c1ccc(C)c(C=NCCN2C(=O)c3ccccc3C2O)c1. The minimum atomic E-state index is -0.933. The molecule has 0 saturated carbocycles. The topological polar surface area (TPSA) is 79.2 Å². The van der Waals surface area contributed by atoms with E-state index in [1.807, 2.05) is 13.0 Å². The van der Waals surface area contributed by atoms with Gasteiger partial charge in [0.2, 0.25) is 0 Å². The standard InChI is InChI=1S/C21H22N2O4/c1-3-27-21(26)15-9-8-14(2)16(12-15)13-22-10-11-23-19(24)17-6-4-5-7-18(17)20(23)25/h4-9,12-13,19,24H,3,10-11H2,1-2H3. The molecule has 0 fully saturated rings. The first-order chi connectivity index (χ1) is 13.0. The van der Waals surface area contributed by atoms with E-state index >= 15 is 0 Å². The number of aliphatic hydroxyl groups is 1. The van der Waals surface area contributed by atoms with E-state index in [4.69, 9.17) is 4.74 Å². The number of carbonyl (C=O) groups is 2. The lowest BCUT2D eigenvalue weighted by Crippen LogP contribution is -2.30. The largest absolute Gasteiger partial charge is 0.462 e. The molecule has 1 amide bonds. The molecule has 6 heteroatoms. The highest BCUT2D eigenvalue weighted by atomic mass is 16.5. The van der Waals surface area contributed by atoms with E-state index in [1.165, 1.54) is 4.90 Å². The first kappa shape index (κ1) is 18.8. The number of benzene rings is 2. The molecular weight excluding hydrogens is 344 g/mol. The summed E-state index contributed by atoms with van der Waals surface area (Å²) in [5, 5.41) is 10.3. The third-order valence-electron chi connectivity index (χ3n) is 4.52. The van der Waals surface area contributed by atoms with Crippen LogP contribution < -0.4 is 0 Å². The molecule has 0 saturated heterocycles. The van der Waals surface area contributed by atoms with Crippen LogP contribution in [0.5, 0.6) is 0 Å². The Hall–Kier alpha value is -2.99. The van der Waals surface area contributed by atoms with Crippen molar-refractivity contribution >= 4 is 18.1 Å². The van der Waals surface area contributed by atoms with Crippen molar-refractivity contribution in [1.29, 1.82) is 0 Å². The Labute approximate surface area is 158 Å². The van der Waals surface area contributed by atoms with Crippen LogP contribution in [0.25, 0.3) is 0 Å². The van der Waals surface area contributed by atoms with Crippen LogP contribution in [0.15, 0.2) is 47.5 Å². The van der Waals surface area contributed by atoms with Gasteiger partial charge in [-0.05, 0) is 43.2 Å². The van der Waals surface area contributed by atoms with Gasteiger partial charge in [0, 0.05) is 23.9 Å². The molecule has 1 atom stereocenters. The second-order valence-corrected chi connectivity index (χ2v) is 6.29. The molecule has 1 aliphatic rings. The number of carbonyl (C=O) groups excluding carboxylic acids is 2. The number of amides is 1. The molecule has 0 radical (unpaired) electrons. The number of ether oxygens (including phenoxy) is 1. The maximum atomic E-state index is 12.4. The van der Waals surface area contributed by atoms with Crippen LogP contribution >= 0.6 is 0 Å². The molecule has 3 rings (SSSR count). The highest BCUT2D eigenvalue weighted by molar-refractivity contribution is 5.99. The fourth-order valence-electron chi connectivity index (χ4n) is 3.02. The van der Waals surface area contributed by atoms with Crippen LogP contribution in [0.1, 0.15) is 50.6 Å². The van der Waals surface area contributed by atoms with Crippen molar-refractivity contribution in [2.45, 2.75) is 20.1 Å². The second kappa shape index (κ2) is 8.14. The smallest absolute Gasteiger partial charge is 0.338 e. The molecule has 140 valence electrons.